The molecule has 0 aliphatic carbocycles. The molecule has 2 unspecified atom stereocenters. The molecular weight excluding hydrogens is 498 g/mol. The molecule has 0 spiro atoms. The number of fused-ring (bicyclic) bond motifs is 1. The van der Waals surface area contributed by atoms with Crippen LogP contribution in [0.15, 0.2) is 32.2 Å². The van der Waals surface area contributed by atoms with E-state index in [1.54, 1.807) is 11.6 Å². The van der Waals surface area contributed by atoms with E-state index in [9.17, 15) is 19.5 Å². The number of nitrogens with zero attached hydrogens (tertiary/aromatic N) is 5. The molecule has 2 aliphatic heterocycles. The van der Waals surface area contributed by atoms with Gasteiger partial charge in [-0.15, -0.1) is 40.0 Å². The summed E-state index contributed by atoms with van der Waals surface area (Å²) in [6, 6.07) is -0.903. The minimum absolute atomic E-state index is 0.0488. The SMILES string of the molecule is CO/N=C(/C(=O)NC1C(=O)N2C(C(=O)O)=C(CSc3cnns3)CSC12)c1csc(N)n1. The fraction of sp³-hybridized carbons (Fsp3) is 0.312. The third-order valence-corrected chi connectivity index (χ3v) is 8.36. The van der Waals surface area contributed by atoms with Gasteiger partial charge in [-0.25, -0.2) is 9.78 Å². The summed E-state index contributed by atoms with van der Waals surface area (Å²) >= 11 is 5.14. The summed E-state index contributed by atoms with van der Waals surface area (Å²) in [6.45, 7) is 0. The van der Waals surface area contributed by atoms with E-state index in [2.05, 4.69) is 25.0 Å². The molecule has 0 radical (unpaired) electrons. The van der Waals surface area contributed by atoms with Crippen LogP contribution in [0.1, 0.15) is 5.69 Å². The van der Waals surface area contributed by atoms with Gasteiger partial charge in [-0.1, -0.05) is 9.64 Å². The highest BCUT2D eigenvalue weighted by Gasteiger charge is 2.54. The Hall–Kier alpha value is -2.69. The van der Waals surface area contributed by atoms with Gasteiger partial charge in [-0.2, -0.15) is 0 Å². The molecule has 0 saturated carbocycles. The van der Waals surface area contributed by atoms with Crippen molar-refractivity contribution in [3.05, 3.63) is 28.5 Å². The van der Waals surface area contributed by atoms with Gasteiger partial charge in [-0.3, -0.25) is 14.5 Å². The topological polar surface area (TPSA) is 173 Å². The van der Waals surface area contributed by atoms with Gasteiger partial charge < -0.3 is 21.0 Å². The number of β-lactam (4-membered cyclic amide) rings is 1. The number of nitrogens with one attached hydrogen (secondary N) is 1. The zero-order valence-electron chi connectivity index (χ0n) is 16.3. The van der Waals surface area contributed by atoms with Gasteiger partial charge >= 0.3 is 5.97 Å². The first-order valence-corrected chi connectivity index (χ1v) is 12.5. The monoisotopic (exact) mass is 513 g/mol. The Morgan fingerprint density at radius 2 is 2.31 bits per heavy atom. The Morgan fingerprint density at radius 1 is 1.50 bits per heavy atom. The number of nitrogens with two attached hydrogens (primary N) is 1. The lowest BCUT2D eigenvalue weighted by atomic mass is 10.0. The van der Waals surface area contributed by atoms with Gasteiger partial charge in [-0.05, 0) is 17.1 Å². The zero-order chi connectivity index (χ0) is 22.8. The van der Waals surface area contributed by atoms with Gasteiger partial charge in [0.15, 0.2) is 10.8 Å². The smallest absolute Gasteiger partial charge is 0.352 e. The van der Waals surface area contributed by atoms with E-state index >= 15 is 0 Å². The lowest BCUT2D eigenvalue weighted by molar-refractivity contribution is -0.150. The second-order valence-electron chi connectivity index (χ2n) is 6.34. The van der Waals surface area contributed by atoms with Gasteiger partial charge in [0.05, 0.1) is 6.20 Å². The highest BCUT2D eigenvalue weighted by molar-refractivity contribution is 8.01. The Bertz CT molecular complexity index is 1120. The van der Waals surface area contributed by atoms with Crippen LogP contribution in [-0.4, -0.2) is 78.1 Å². The van der Waals surface area contributed by atoms with Crippen LogP contribution in [0.3, 0.4) is 0 Å². The summed E-state index contributed by atoms with van der Waals surface area (Å²) in [5, 5.41) is 21.1. The summed E-state index contributed by atoms with van der Waals surface area (Å²) in [4.78, 5) is 47.5. The number of thioether (sulfide) groups is 2. The molecule has 16 heteroatoms. The van der Waals surface area contributed by atoms with Crippen LogP contribution in [0.25, 0.3) is 0 Å². The van der Waals surface area contributed by atoms with Crippen molar-refractivity contribution >= 4 is 75.0 Å². The minimum Gasteiger partial charge on any atom is -0.477 e. The number of carbonyl (C=O) groups is 3. The fourth-order valence-corrected chi connectivity index (χ4v) is 6.53. The largest absolute Gasteiger partial charge is 0.477 e. The van der Waals surface area contributed by atoms with E-state index in [1.807, 2.05) is 0 Å². The second kappa shape index (κ2) is 9.43. The molecule has 2 atom stereocenters. The molecule has 2 aromatic heterocycles. The van der Waals surface area contributed by atoms with Gasteiger partial charge in [0.25, 0.3) is 11.8 Å². The van der Waals surface area contributed by atoms with Crippen LogP contribution in [-0.2, 0) is 19.2 Å². The third kappa shape index (κ3) is 4.30. The molecule has 1 fully saturated rings. The summed E-state index contributed by atoms with van der Waals surface area (Å²) in [6.07, 6.45) is 1.60. The molecule has 168 valence electrons. The number of aromatic nitrogens is 3. The van der Waals surface area contributed by atoms with Crippen molar-refractivity contribution in [2.45, 2.75) is 15.6 Å². The molecule has 12 nitrogen and oxygen atoms in total. The maximum Gasteiger partial charge on any atom is 0.352 e. The fourth-order valence-electron chi connectivity index (χ4n) is 3.08. The summed E-state index contributed by atoms with van der Waals surface area (Å²) < 4.78 is 4.63. The van der Waals surface area contributed by atoms with Crippen molar-refractivity contribution in [3.63, 3.8) is 0 Å². The Balaban J connectivity index is 1.49. The van der Waals surface area contributed by atoms with Crippen LogP contribution in [0.2, 0.25) is 0 Å². The average Bonchev–Trinajstić information content (AvgIpc) is 3.45. The predicted octanol–water partition coefficient (Wildman–Crippen LogP) is 0.458. The number of hydrogen-bond donors (Lipinski definition) is 3. The number of nitrogen functional groups attached to an aromatic ring is 1. The molecule has 32 heavy (non-hydrogen) atoms. The van der Waals surface area contributed by atoms with Crippen LogP contribution in [0, 0.1) is 0 Å². The maximum absolute atomic E-state index is 12.8. The van der Waals surface area contributed by atoms with Crippen LogP contribution in [0.5, 0.6) is 0 Å². The maximum atomic E-state index is 12.8. The van der Waals surface area contributed by atoms with Crippen molar-refractivity contribution in [1.82, 2.24) is 24.8 Å². The zero-order valence-corrected chi connectivity index (χ0v) is 19.5. The van der Waals surface area contributed by atoms with E-state index < -0.39 is 29.2 Å². The van der Waals surface area contributed by atoms with Gasteiger partial charge in [0.2, 0.25) is 0 Å². The molecule has 4 rings (SSSR count). The number of aliphatic carboxylic acids is 1. The molecule has 2 aliphatic rings. The van der Waals surface area contributed by atoms with Crippen LogP contribution < -0.4 is 11.1 Å². The van der Waals surface area contributed by atoms with Crippen molar-refractivity contribution in [1.29, 1.82) is 0 Å². The lowest BCUT2D eigenvalue weighted by Gasteiger charge is -2.49. The highest BCUT2D eigenvalue weighted by atomic mass is 32.2. The van der Waals surface area contributed by atoms with E-state index in [0.717, 1.165) is 15.5 Å². The van der Waals surface area contributed by atoms with Crippen molar-refractivity contribution in [2.75, 3.05) is 24.3 Å². The highest BCUT2D eigenvalue weighted by Crippen LogP contribution is 2.41. The first-order chi connectivity index (χ1) is 15.4. The van der Waals surface area contributed by atoms with E-state index in [-0.39, 0.29) is 22.2 Å². The molecule has 0 aromatic carbocycles. The molecule has 0 bridgehead atoms. The van der Waals surface area contributed by atoms with E-state index in [1.165, 1.54) is 47.1 Å². The van der Waals surface area contributed by atoms with Crippen LogP contribution >= 0.6 is 46.4 Å². The third-order valence-electron chi connectivity index (χ3n) is 4.43. The first kappa shape index (κ1) is 22.5. The van der Waals surface area contributed by atoms with Gasteiger partial charge in [0, 0.05) is 16.9 Å². The minimum atomic E-state index is -1.19. The Kier molecular flexibility index (Phi) is 6.63. The van der Waals surface area contributed by atoms with Crippen molar-refractivity contribution in [3.8, 4) is 0 Å². The quantitative estimate of drug-likeness (QED) is 0.194. The number of anilines is 1. The summed E-state index contributed by atoms with van der Waals surface area (Å²) in [5.74, 6) is -1.57. The first-order valence-electron chi connectivity index (χ1n) is 8.84. The molecule has 1 saturated heterocycles. The second-order valence-corrected chi connectivity index (χ2v) is 10.4. The molecule has 4 N–H and O–H groups in total. The summed E-state index contributed by atoms with van der Waals surface area (Å²) in [7, 11) is 1.28. The number of amides is 2. The lowest BCUT2D eigenvalue weighted by Crippen LogP contribution is -2.71. The predicted molar refractivity (Wildman–Crippen MR) is 120 cm³/mol. The number of carboxylic acid groups (broad SMARTS) is 1. The molecular formula is C16H15N7O5S4. The molecule has 4 heterocycles. The number of thiazole rings is 1. The number of oxime groups is 1. The number of carboxylic acids is 1. The van der Waals surface area contributed by atoms with E-state index in [4.69, 9.17) is 10.6 Å². The van der Waals surface area contributed by atoms with Crippen LogP contribution in [0.4, 0.5) is 5.13 Å². The molecule has 2 aromatic rings. The van der Waals surface area contributed by atoms with Crippen molar-refractivity contribution in [2.24, 2.45) is 5.16 Å². The normalized spacial score (nSPS) is 20.6. The Morgan fingerprint density at radius 3 is 2.94 bits per heavy atom. The number of rotatable bonds is 8. The number of hydrogen-bond acceptors (Lipinski definition) is 13. The van der Waals surface area contributed by atoms with E-state index in [0.29, 0.717) is 17.1 Å². The number of carbonyl (C=O) groups excluding carboxylic acids is 2. The van der Waals surface area contributed by atoms with Crippen molar-refractivity contribution < 1.29 is 24.3 Å². The average molecular weight is 514 g/mol. The molecule has 2 amide bonds. The Labute approximate surface area is 197 Å². The van der Waals surface area contributed by atoms with Gasteiger partial charge in [0.1, 0.15) is 34.1 Å². The standard InChI is InChI=1S/C16H15N7O5S4/c1-28-21-9(7-5-31-16(17)19-7)12(24)20-10-13(25)23-11(15(26)27)6(4-30-14(10)23)3-29-8-2-18-22-32-8/h2,5,10,14H,3-4H2,1H3,(H2,17,19)(H,20,24)(H,26,27)/b21-9+. The summed E-state index contributed by atoms with van der Waals surface area (Å²) in [5.41, 5.74) is 6.28.